The first kappa shape index (κ1) is 26.5. The summed E-state index contributed by atoms with van der Waals surface area (Å²) in [6, 6.07) is 14.4. The van der Waals surface area contributed by atoms with Crippen LogP contribution in [0.2, 0.25) is 0 Å². The lowest BCUT2D eigenvalue weighted by atomic mass is 9.94. The maximum absolute atomic E-state index is 13.3. The smallest absolute Gasteiger partial charge is 0.295 e. The van der Waals surface area contributed by atoms with Crippen LogP contribution in [0.1, 0.15) is 63.3 Å². The quantitative estimate of drug-likeness (QED) is 0.197. The van der Waals surface area contributed by atoms with Crippen molar-refractivity contribution in [3.05, 3.63) is 70.8 Å². The number of amides is 1. The fourth-order valence-electron chi connectivity index (χ4n) is 4.40. The molecule has 1 fully saturated rings. The molecule has 3 rings (SSSR count). The van der Waals surface area contributed by atoms with Crippen molar-refractivity contribution in [1.29, 1.82) is 0 Å². The van der Waals surface area contributed by atoms with E-state index in [9.17, 15) is 14.7 Å². The highest BCUT2D eigenvalue weighted by Crippen LogP contribution is 2.39. The van der Waals surface area contributed by atoms with Gasteiger partial charge in [-0.25, -0.2) is 0 Å². The molecule has 0 aliphatic carbocycles. The fourth-order valence-corrected chi connectivity index (χ4v) is 4.40. The Balaban J connectivity index is 2.04. The maximum Gasteiger partial charge on any atom is 0.295 e. The van der Waals surface area contributed by atoms with Crippen LogP contribution >= 0.6 is 0 Å². The van der Waals surface area contributed by atoms with E-state index in [2.05, 4.69) is 32.6 Å². The number of ether oxygens (including phenoxy) is 1. The van der Waals surface area contributed by atoms with Crippen molar-refractivity contribution in [2.45, 2.75) is 53.0 Å². The number of carbonyl (C=O) groups is 2. The molecule has 6 heteroatoms. The third kappa shape index (κ3) is 6.12. The highest BCUT2D eigenvalue weighted by molar-refractivity contribution is 6.46. The molecule has 1 N–H and O–H groups in total. The van der Waals surface area contributed by atoms with Crippen LogP contribution in [0.15, 0.2) is 54.1 Å². The SMILES string of the molecule is CCCCOc1cccc(C(O)=C2C(=O)C(=O)N(CCN(CC)CC)C2c2ccc(CC)cc2)c1. The first-order valence-corrected chi connectivity index (χ1v) is 12.8. The van der Waals surface area contributed by atoms with Crippen molar-refractivity contribution < 1.29 is 19.4 Å². The van der Waals surface area contributed by atoms with Crippen molar-refractivity contribution in [1.82, 2.24) is 9.80 Å². The van der Waals surface area contributed by atoms with Gasteiger partial charge in [-0.05, 0) is 49.2 Å². The minimum atomic E-state index is -0.649. The zero-order valence-corrected chi connectivity index (χ0v) is 21.4. The van der Waals surface area contributed by atoms with Crippen molar-refractivity contribution in [3.63, 3.8) is 0 Å². The molecule has 0 bridgehead atoms. The van der Waals surface area contributed by atoms with Gasteiger partial charge < -0.3 is 19.6 Å². The lowest BCUT2D eigenvalue weighted by Crippen LogP contribution is -2.38. The normalized spacial score (nSPS) is 17.4. The van der Waals surface area contributed by atoms with E-state index in [-0.39, 0.29) is 11.3 Å². The molecule has 6 nitrogen and oxygen atoms in total. The predicted octanol–water partition coefficient (Wildman–Crippen LogP) is 5.19. The Morgan fingerprint density at radius 1 is 1.03 bits per heavy atom. The number of rotatable bonds is 12. The topological polar surface area (TPSA) is 70.1 Å². The summed E-state index contributed by atoms with van der Waals surface area (Å²) in [5, 5.41) is 11.3. The Labute approximate surface area is 209 Å². The molecule has 35 heavy (non-hydrogen) atoms. The molecule has 1 aliphatic heterocycles. The number of aliphatic hydroxyl groups is 1. The number of likely N-dealkylation sites (N-methyl/N-ethyl adjacent to an activating group) is 1. The molecule has 0 saturated carbocycles. The lowest BCUT2D eigenvalue weighted by molar-refractivity contribution is -0.140. The average Bonchev–Trinajstić information content (AvgIpc) is 3.14. The van der Waals surface area contributed by atoms with E-state index in [1.165, 1.54) is 5.56 Å². The highest BCUT2D eigenvalue weighted by atomic mass is 16.5. The first-order chi connectivity index (χ1) is 16.9. The second-order valence-electron chi connectivity index (χ2n) is 8.84. The van der Waals surface area contributed by atoms with Gasteiger partial charge in [-0.3, -0.25) is 9.59 Å². The highest BCUT2D eigenvalue weighted by Gasteiger charge is 2.45. The monoisotopic (exact) mass is 478 g/mol. The van der Waals surface area contributed by atoms with E-state index < -0.39 is 17.7 Å². The number of unbranched alkanes of at least 4 members (excludes halogenated alkanes) is 1. The Morgan fingerprint density at radius 2 is 1.74 bits per heavy atom. The number of Topliss-reactive ketones (excluding diaryl/α,β-unsaturated/α-hetero) is 1. The van der Waals surface area contributed by atoms with Crippen LogP contribution in [0, 0.1) is 0 Å². The summed E-state index contributed by atoms with van der Waals surface area (Å²) in [6.07, 6.45) is 2.85. The van der Waals surface area contributed by atoms with Gasteiger partial charge in [-0.1, -0.05) is 70.5 Å². The third-order valence-corrected chi connectivity index (χ3v) is 6.67. The van der Waals surface area contributed by atoms with E-state index in [4.69, 9.17) is 4.74 Å². The van der Waals surface area contributed by atoms with Crippen LogP contribution in [0.5, 0.6) is 5.75 Å². The molecule has 1 heterocycles. The predicted molar refractivity (Wildman–Crippen MR) is 139 cm³/mol. The molecule has 1 amide bonds. The van der Waals surface area contributed by atoms with Crippen LogP contribution < -0.4 is 4.74 Å². The van der Waals surface area contributed by atoms with Gasteiger partial charge in [-0.15, -0.1) is 0 Å². The average molecular weight is 479 g/mol. The van der Waals surface area contributed by atoms with Crippen LogP contribution in [-0.4, -0.2) is 59.4 Å². The Bertz CT molecular complexity index is 1040. The summed E-state index contributed by atoms with van der Waals surface area (Å²) in [4.78, 5) is 30.3. The summed E-state index contributed by atoms with van der Waals surface area (Å²) in [5.41, 5.74) is 2.59. The Kier molecular flexibility index (Phi) is 9.49. The minimum absolute atomic E-state index is 0.129. The lowest BCUT2D eigenvalue weighted by Gasteiger charge is -2.28. The molecular weight excluding hydrogens is 440 g/mol. The molecule has 0 aromatic heterocycles. The number of hydrogen-bond acceptors (Lipinski definition) is 5. The van der Waals surface area contributed by atoms with Gasteiger partial charge in [-0.2, -0.15) is 0 Å². The number of benzene rings is 2. The summed E-state index contributed by atoms with van der Waals surface area (Å²) < 4.78 is 5.79. The number of likely N-dealkylation sites (tertiary alicyclic amines) is 1. The van der Waals surface area contributed by atoms with Gasteiger partial charge >= 0.3 is 0 Å². The molecule has 0 radical (unpaired) electrons. The summed E-state index contributed by atoms with van der Waals surface area (Å²) in [7, 11) is 0. The zero-order valence-electron chi connectivity index (χ0n) is 21.4. The molecular formula is C29H38N2O4. The van der Waals surface area contributed by atoms with E-state index >= 15 is 0 Å². The molecule has 0 spiro atoms. The first-order valence-electron chi connectivity index (χ1n) is 12.8. The largest absolute Gasteiger partial charge is 0.507 e. The molecule has 188 valence electrons. The van der Waals surface area contributed by atoms with E-state index in [1.807, 2.05) is 30.3 Å². The zero-order chi connectivity index (χ0) is 25.4. The van der Waals surface area contributed by atoms with Gasteiger partial charge in [0.1, 0.15) is 11.5 Å². The van der Waals surface area contributed by atoms with Crippen molar-refractivity contribution >= 4 is 17.4 Å². The van der Waals surface area contributed by atoms with Gasteiger partial charge in [0.15, 0.2) is 0 Å². The summed E-state index contributed by atoms with van der Waals surface area (Å²) in [6.45, 7) is 11.7. The van der Waals surface area contributed by atoms with Gasteiger partial charge in [0.05, 0.1) is 18.2 Å². The standard InChI is InChI=1S/C29H38N2O4/c1-5-9-19-35-24-12-10-11-23(20-24)27(32)25-26(22-15-13-21(6-2)14-16-22)31(29(34)28(25)33)18-17-30(7-3)8-4/h10-16,20,26,32H,5-9,17-19H2,1-4H3. The minimum Gasteiger partial charge on any atom is -0.507 e. The molecule has 2 aromatic rings. The number of ketones is 1. The maximum atomic E-state index is 13.3. The molecule has 1 aliphatic rings. The van der Waals surface area contributed by atoms with Gasteiger partial charge in [0.2, 0.25) is 0 Å². The number of aliphatic hydroxyl groups excluding tert-OH is 1. The fraction of sp³-hybridized carbons (Fsp3) is 0.448. The third-order valence-electron chi connectivity index (χ3n) is 6.67. The van der Waals surface area contributed by atoms with Crippen molar-refractivity contribution in [3.8, 4) is 5.75 Å². The summed E-state index contributed by atoms with van der Waals surface area (Å²) in [5.74, 6) is -0.760. The molecule has 1 saturated heterocycles. The number of carbonyl (C=O) groups excluding carboxylic acids is 2. The molecule has 1 unspecified atom stereocenters. The second-order valence-corrected chi connectivity index (χ2v) is 8.84. The van der Waals surface area contributed by atoms with Crippen LogP contribution in [0.3, 0.4) is 0 Å². The number of hydrogen-bond donors (Lipinski definition) is 1. The Hall–Kier alpha value is -3.12. The van der Waals surface area contributed by atoms with E-state index in [0.29, 0.717) is 31.0 Å². The molecule has 1 atom stereocenters. The van der Waals surface area contributed by atoms with Crippen LogP contribution in [0.4, 0.5) is 0 Å². The van der Waals surface area contributed by atoms with E-state index in [1.54, 1.807) is 23.1 Å². The number of nitrogens with zero attached hydrogens (tertiary/aromatic N) is 2. The van der Waals surface area contributed by atoms with Crippen LogP contribution in [0.25, 0.3) is 5.76 Å². The van der Waals surface area contributed by atoms with E-state index in [0.717, 1.165) is 37.9 Å². The Morgan fingerprint density at radius 3 is 2.37 bits per heavy atom. The number of aryl methyl sites for hydroxylation is 1. The summed E-state index contributed by atoms with van der Waals surface area (Å²) >= 11 is 0. The van der Waals surface area contributed by atoms with Gasteiger partial charge in [0.25, 0.3) is 11.7 Å². The molecule has 2 aromatic carbocycles. The van der Waals surface area contributed by atoms with Crippen molar-refractivity contribution in [2.75, 3.05) is 32.8 Å². The van der Waals surface area contributed by atoms with Gasteiger partial charge in [0, 0.05) is 18.7 Å². The second kappa shape index (κ2) is 12.5. The van der Waals surface area contributed by atoms with Crippen LogP contribution in [-0.2, 0) is 16.0 Å². The van der Waals surface area contributed by atoms with Crippen molar-refractivity contribution in [2.24, 2.45) is 0 Å².